The number of carbonyl (C=O) groups excluding carboxylic acids is 1. The van der Waals surface area contributed by atoms with Crippen LogP contribution in [0.15, 0.2) is 12.1 Å². The number of hydrogen-bond donors (Lipinski definition) is 1. The molecular weight excluding hydrogens is 482 g/mol. The van der Waals surface area contributed by atoms with E-state index in [1.54, 1.807) is 0 Å². The van der Waals surface area contributed by atoms with Gasteiger partial charge in [0, 0.05) is 36.3 Å². The molecule has 0 radical (unpaired) electrons. The quantitative estimate of drug-likeness (QED) is 0.421. The molecule has 0 aromatic carbocycles. The van der Waals surface area contributed by atoms with Gasteiger partial charge in [-0.1, -0.05) is 73.6 Å². The molecule has 0 atom stereocenters. The first kappa shape index (κ1) is 28.0. The van der Waals surface area contributed by atoms with Crippen LogP contribution in [0.4, 0.5) is 0 Å². The first-order valence-electron chi connectivity index (χ1n) is 14.0. The maximum absolute atomic E-state index is 13.3. The van der Waals surface area contributed by atoms with Gasteiger partial charge in [-0.2, -0.15) is 0 Å². The molecule has 37 heavy (non-hydrogen) atoms. The van der Waals surface area contributed by atoms with Crippen LogP contribution in [0.5, 0.6) is 5.88 Å². The molecule has 0 bridgehead atoms. The SMILES string of the molecule is CC(C)(C)COc1cc(-c2sc(C(=O)NC3CCOCC3)nc2CC2CCCCC2)cc(C(C)(C)C)n1. The molecule has 2 aromatic rings. The summed E-state index contributed by atoms with van der Waals surface area (Å²) in [5.74, 6) is 1.20. The van der Waals surface area contributed by atoms with Gasteiger partial charge < -0.3 is 14.8 Å². The number of nitrogens with zero attached hydrogens (tertiary/aromatic N) is 2. The van der Waals surface area contributed by atoms with Gasteiger partial charge in [0.2, 0.25) is 5.88 Å². The molecule has 3 heterocycles. The van der Waals surface area contributed by atoms with Crippen molar-refractivity contribution in [2.24, 2.45) is 11.3 Å². The lowest BCUT2D eigenvalue weighted by Crippen LogP contribution is -2.38. The number of hydrogen-bond acceptors (Lipinski definition) is 6. The molecule has 1 N–H and O–H groups in total. The van der Waals surface area contributed by atoms with Crippen LogP contribution in [-0.4, -0.2) is 41.7 Å². The summed E-state index contributed by atoms with van der Waals surface area (Å²) in [6.07, 6.45) is 9.01. The number of ether oxygens (including phenoxy) is 2. The van der Waals surface area contributed by atoms with Crippen LogP contribution >= 0.6 is 11.3 Å². The van der Waals surface area contributed by atoms with Gasteiger partial charge in [0.05, 0.1) is 22.9 Å². The normalized spacial score (nSPS) is 18.1. The van der Waals surface area contributed by atoms with Gasteiger partial charge in [0.25, 0.3) is 5.91 Å². The van der Waals surface area contributed by atoms with Crippen molar-refractivity contribution in [1.82, 2.24) is 15.3 Å². The summed E-state index contributed by atoms with van der Waals surface area (Å²) in [5.41, 5.74) is 2.98. The van der Waals surface area contributed by atoms with E-state index in [-0.39, 0.29) is 22.8 Å². The predicted molar refractivity (Wildman–Crippen MR) is 151 cm³/mol. The first-order valence-corrected chi connectivity index (χ1v) is 14.8. The van der Waals surface area contributed by atoms with Gasteiger partial charge in [0.1, 0.15) is 0 Å². The highest BCUT2D eigenvalue weighted by atomic mass is 32.1. The lowest BCUT2D eigenvalue weighted by molar-refractivity contribution is 0.0696. The van der Waals surface area contributed by atoms with Gasteiger partial charge in [-0.05, 0) is 36.7 Å². The number of thiazole rings is 1. The van der Waals surface area contributed by atoms with Gasteiger partial charge in [0.15, 0.2) is 5.01 Å². The van der Waals surface area contributed by atoms with Crippen molar-refractivity contribution in [3.63, 3.8) is 0 Å². The highest BCUT2D eigenvalue weighted by Crippen LogP contribution is 2.38. The third-order valence-electron chi connectivity index (χ3n) is 7.14. The second-order valence-electron chi connectivity index (χ2n) is 13.0. The topological polar surface area (TPSA) is 73.3 Å². The van der Waals surface area contributed by atoms with Gasteiger partial charge in [-0.3, -0.25) is 4.79 Å². The number of pyridine rings is 1. The number of aromatic nitrogens is 2. The Labute approximate surface area is 227 Å². The monoisotopic (exact) mass is 527 g/mol. The van der Waals surface area contributed by atoms with Crippen LogP contribution in [0.2, 0.25) is 0 Å². The minimum atomic E-state index is -0.132. The van der Waals surface area contributed by atoms with E-state index in [4.69, 9.17) is 19.4 Å². The molecule has 0 spiro atoms. The number of rotatable bonds is 7. The highest BCUT2D eigenvalue weighted by Gasteiger charge is 2.26. The van der Waals surface area contributed by atoms with Crippen molar-refractivity contribution in [1.29, 1.82) is 0 Å². The Hall–Kier alpha value is -1.99. The summed E-state index contributed by atoms with van der Waals surface area (Å²) >= 11 is 1.51. The Morgan fingerprint density at radius 3 is 2.38 bits per heavy atom. The molecular formula is C30H45N3O3S. The molecule has 2 aliphatic rings. The largest absolute Gasteiger partial charge is 0.477 e. The van der Waals surface area contributed by atoms with Gasteiger partial charge in [-0.25, -0.2) is 9.97 Å². The zero-order chi connectivity index (χ0) is 26.6. The molecule has 2 aromatic heterocycles. The van der Waals surface area contributed by atoms with Gasteiger partial charge >= 0.3 is 0 Å². The van der Waals surface area contributed by atoms with Crippen LogP contribution < -0.4 is 10.1 Å². The van der Waals surface area contributed by atoms with Crippen molar-refractivity contribution in [2.75, 3.05) is 19.8 Å². The second kappa shape index (κ2) is 11.8. The second-order valence-corrected chi connectivity index (χ2v) is 14.0. The fraction of sp³-hybridized carbons (Fsp3) is 0.700. The van der Waals surface area contributed by atoms with Crippen molar-refractivity contribution in [3.05, 3.63) is 28.5 Å². The average molecular weight is 528 g/mol. The highest BCUT2D eigenvalue weighted by molar-refractivity contribution is 7.17. The van der Waals surface area contributed by atoms with E-state index >= 15 is 0 Å². The predicted octanol–water partition coefficient (Wildman–Crippen LogP) is 6.96. The third kappa shape index (κ3) is 8.00. The fourth-order valence-corrected chi connectivity index (χ4v) is 5.93. The Kier molecular flexibility index (Phi) is 8.95. The fourth-order valence-electron chi connectivity index (χ4n) is 4.95. The molecule has 6 nitrogen and oxygen atoms in total. The summed E-state index contributed by atoms with van der Waals surface area (Å²) in [7, 11) is 0. The van der Waals surface area contributed by atoms with Crippen molar-refractivity contribution in [2.45, 2.75) is 104 Å². The van der Waals surface area contributed by atoms with Crippen LogP contribution in [0.25, 0.3) is 10.4 Å². The number of amides is 1. The standard InChI is InChI=1S/C30H45N3O3S/c1-29(2,3)19-36-25-18-21(17-24(33-25)30(4,5)6)26-23(16-20-10-8-7-9-11-20)32-28(37-26)27(34)31-22-12-14-35-15-13-22/h17-18,20,22H,7-16,19H2,1-6H3,(H,31,34). The average Bonchev–Trinajstić information content (AvgIpc) is 3.27. The third-order valence-corrected chi connectivity index (χ3v) is 8.29. The van der Waals surface area contributed by atoms with E-state index in [0.717, 1.165) is 41.1 Å². The summed E-state index contributed by atoms with van der Waals surface area (Å²) in [6, 6.07) is 4.36. The molecule has 1 saturated carbocycles. The van der Waals surface area contributed by atoms with E-state index in [0.29, 0.717) is 36.6 Å². The summed E-state index contributed by atoms with van der Waals surface area (Å²) in [6.45, 7) is 15.0. The summed E-state index contributed by atoms with van der Waals surface area (Å²) in [5, 5.41) is 3.76. The number of nitrogens with one attached hydrogen (secondary N) is 1. The van der Waals surface area contributed by atoms with Crippen LogP contribution in [0.1, 0.15) is 108 Å². The van der Waals surface area contributed by atoms with E-state index in [1.165, 1.54) is 43.4 Å². The van der Waals surface area contributed by atoms with Crippen molar-refractivity contribution >= 4 is 17.2 Å². The molecule has 2 fully saturated rings. The molecule has 7 heteroatoms. The Bertz CT molecular complexity index is 1050. The smallest absolute Gasteiger partial charge is 0.280 e. The lowest BCUT2D eigenvalue weighted by atomic mass is 9.85. The molecule has 204 valence electrons. The molecule has 1 amide bonds. The minimum Gasteiger partial charge on any atom is -0.477 e. The molecule has 1 aliphatic heterocycles. The van der Waals surface area contributed by atoms with E-state index < -0.39 is 0 Å². The first-order chi connectivity index (χ1) is 17.5. The molecule has 1 saturated heterocycles. The molecule has 0 unspecified atom stereocenters. The van der Waals surface area contributed by atoms with Crippen molar-refractivity contribution in [3.8, 4) is 16.3 Å². The zero-order valence-corrected chi connectivity index (χ0v) is 24.4. The lowest BCUT2D eigenvalue weighted by Gasteiger charge is -2.23. The van der Waals surface area contributed by atoms with Crippen molar-refractivity contribution < 1.29 is 14.3 Å². The zero-order valence-electron chi connectivity index (χ0n) is 23.6. The Morgan fingerprint density at radius 2 is 1.73 bits per heavy atom. The Balaban J connectivity index is 1.69. The minimum absolute atomic E-state index is 0.0334. The summed E-state index contributed by atoms with van der Waals surface area (Å²) < 4.78 is 11.7. The molecule has 1 aliphatic carbocycles. The van der Waals surface area contributed by atoms with E-state index in [9.17, 15) is 4.79 Å². The van der Waals surface area contributed by atoms with Crippen LogP contribution in [0.3, 0.4) is 0 Å². The maximum Gasteiger partial charge on any atom is 0.280 e. The van der Waals surface area contributed by atoms with Gasteiger partial charge in [-0.15, -0.1) is 11.3 Å². The van der Waals surface area contributed by atoms with E-state index in [2.05, 4.69) is 52.9 Å². The van der Waals surface area contributed by atoms with Crippen LogP contribution in [0, 0.1) is 11.3 Å². The maximum atomic E-state index is 13.3. The van der Waals surface area contributed by atoms with E-state index in [1.807, 2.05) is 6.07 Å². The summed E-state index contributed by atoms with van der Waals surface area (Å²) in [4.78, 5) is 24.2. The van der Waals surface area contributed by atoms with Crippen LogP contribution in [-0.2, 0) is 16.6 Å². The Morgan fingerprint density at radius 1 is 1.03 bits per heavy atom. The molecule has 4 rings (SSSR count). The number of carbonyl (C=O) groups is 1.